The Hall–Kier alpha value is -2.19. The molecule has 0 unspecified atom stereocenters. The molecule has 0 saturated heterocycles. The van der Waals surface area contributed by atoms with Gasteiger partial charge in [-0.3, -0.25) is 10.1 Å². The van der Waals surface area contributed by atoms with Crippen LogP contribution in [0.2, 0.25) is 10.0 Å². The molecule has 0 aliphatic carbocycles. The second-order valence-electron chi connectivity index (χ2n) is 4.43. The molecular weight excluding hydrogens is 358 g/mol. The lowest BCUT2D eigenvalue weighted by molar-refractivity contribution is -0.383. The maximum absolute atomic E-state index is 13.8. The van der Waals surface area contributed by atoms with E-state index in [0.29, 0.717) is 0 Å². The molecule has 0 spiro atoms. The summed E-state index contributed by atoms with van der Waals surface area (Å²) in [5, 5.41) is 11.4. The van der Waals surface area contributed by atoms with Crippen LogP contribution in [0.3, 0.4) is 0 Å². The number of nitrogen functional groups attached to an aromatic ring is 1. The Morgan fingerprint density at radius 3 is 2.17 bits per heavy atom. The number of nitro benzene ring substituents is 1. The molecule has 0 atom stereocenters. The predicted molar refractivity (Wildman–Crippen MR) is 81.2 cm³/mol. The molecule has 0 radical (unpaired) electrons. The minimum Gasteiger partial charge on any atom is -0.393 e. The quantitative estimate of drug-likeness (QED) is 0.274. The summed E-state index contributed by atoms with van der Waals surface area (Å²) in [7, 11) is 0. The van der Waals surface area contributed by atoms with E-state index in [4.69, 9.17) is 28.9 Å². The molecule has 5 nitrogen and oxygen atoms in total. The Labute approximate surface area is 137 Å². The van der Waals surface area contributed by atoms with Crippen LogP contribution in [-0.4, -0.2) is 4.92 Å². The Morgan fingerprint density at radius 2 is 1.70 bits per heavy atom. The van der Waals surface area contributed by atoms with E-state index in [1.807, 2.05) is 0 Å². The van der Waals surface area contributed by atoms with E-state index in [2.05, 4.69) is 5.32 Å². The van der Waals surface area contributed by atoms with E-state index >= 15 is 0 Å². The van der Waals surface area contributed by atoms with Crippen molar-refractivity contribution in [2.24, 2.45) is 0 Å². The van der Waals surface area contributed by atoms with Gasteiger partial charge in [-0.1, -0.05) is 23.2 Å². The van der Waals surface area contributed by atoms with E-state index in [9.17, 15) is 23.3 Å². The molecule has 10 heteroatoms. The monoisotopic (exact) mass is 365 g/mol. The largest absolute Gasteiger partial charge is 0.393 e. The summed E-state index contributed by atoms with van der Waals surface area (Å²) < 4.78 is 41.0. The second kappa shape index (κ2) is 6.51. The fourth-order valence-corrected chi connectivity index (χ4v) is 2.29. The van der Waals surface area contributed by atoms with E-state index in [0.717, 1.165) is 6.07 Å². The lowest BCUT2D eigenvalue weighted by Gasteiger charge is -2.12. The van der Waals surface area contributed by atoms with Gasteiger partial charge in [-0.05, 0) is 12.1 Å². The number of rotatable bonds is 4. The molecule has 0 amide bonds. The van der Waals surface area contributed by atoms with Crippen molar-refractivity contribution in [3.8, 4) is 0 Å². The van der Waals surface area contributed by atoms with Crippen molar-refractivity contribution in [3.05, 3.63) is 61.4 Å². The van der Waals surface area contributed by atoms with Gasteiger partial charge in [0.25, 0.3) is 5.69 Å². The number of nitrogens with one attached hydrogen (secondary N) is 1. The molecule has 3 N–H and O–H groups in total. The third-order valence-electron chi connectivity index (χ3n) is 2.99. The van der Waals surface area contributed by atoms with Crippen LogP contribution in [0.4, 0.5) is 30.2 Å². The minimum atomic E-state index is -1.38. The van der Waals surface area contributed by atoms with E-state index in [1.54, 1.807) is 0 Å². The number of nitro groups is 1. The predicted octanol–water partition coefficient (Wildman–Crippen LogP) is 4.51. The summed E-state index contributed by atoms with van der Waals surface area (Å²) in [5.74, 6) is -3.95. The van der Waals surface area contributed by atoms with Gasteiger partial charge < -0.3 is 11.1 Å². The molecule has 0 bridgehead atoms. The van der Waals surface area contributed by atoms with Crippen LogP contribution < -0.4 is 11.1 Å². The van der Waals surface area contributed by atoms with Crippen LogP contribution in [0.15, 0.2) is 18.2 Å². The highest BCUT2D eigenvalue weighted by molar-refractivity contribution is 6.35. The number of benzene rings is 2. The lowest BCUT2D eigenvalue weighted by atomic mass is 10.1. The molecule has 0 heterocycles. The number of hydrogen-bond donors (Lipinski definition) is 2. The van der Waals surface area contributed by atoms with Gasteiger partial charge in [0.1, 0.15) is 15.7 Å². The van der Waals surface area contributed by atoms with Gasteiger partial charge in [0.15, 0.2) is 17.5 Å². The Balaban J connectivity index is 2.29. The van der Waals surface area contributed by atoms with Crippen LogP contribution in [-0.2, 0) is 6.54 Å². The molecular formula is C13H8Cl2F3N3O2. The Bertz CT molecular complexity index is 774. The molecule has 0 aromatic heterocycles. The summed E-state index contributed by atoms with van der Waals surface area (Å²) in [6.45, 7) is -0.422. The zero-order valence-electron chi connectivity index (χ0n) is 11.2. The number of nitrogens with two attached hydrogens (primary N) is 1. The molecule has 0 aliphatic rings. The fourth-order valence-electron chi connectivity index (χ4n) is 1.83. The maximum atomic E-state index is 13.8. The van der Waals surface area contributed by atoms with Gasteiger partial charge in [-0.25, -0.2) is 13.2 Å². The van der Waals surface area contributed by atoms with Crippen LogP contribution in [0.1, 0.15) is 5.56 Å². The van der Waals surface area contributed by atoms with Gasteiger partial charge in [0, 0.05) is 23.9 Å². The summed E-state index contributed by atoms with van der Waals surface area (Å²) in [6.07, 6.45) is 0. The van der Waals surface area contributed by atoms with Crippen LogP contribution >= 0.6 is 23.2 Å². The summed E-state index contributed by atoms with van der Waals surface area (Å²) in [5.41, 5.74) is 4.76. The molecule has 0 saturated carbocycles. The number of hydrogen-bond acceptors (Lipinski definition) is 4. The summed E-state index contributed by atoms with van der Waals surface area (Å²) in [6, 6.07) is 3.66. The third kappa shape index (κ3) is 3.27. The van der Waals surface area contributed by atoms with Gasteiger partial charge in [0.2, 0.25) is 0 Å². The second-order valence-corrected chi connectivity index (χ2v) is 5.19. The van der Waals surface area contributed by atoms with Crippen molar-refractivity contribution in [3.63, 3.8) is 0 Å². The maximum Gasteiger partial charge on any atom is 0.292 e. The Morgan fingerprint density at radius 1 is 1.13 bits per heavy atom. The van der Waals surface area contributed by atoms with Gasteiger partial charge in [-0.15, -0.1) is 0 Å². The number of halogens is 5. The molecule has 2 aromatic carbocycles. The highest BCUT2D eigenvalue weighted by Gasteiger charge is 2.23. The van der Waals surface area contributed by atoms with Gasteiger partial charge >= 0.3 is 0 Å². The van der Waals surface area contributed by atoms with Crippen molar-refractivity contribution in [1.82, 2.24) is 0 Å². The molecule has 122 valence electrons. The first kappa shape index (κ1) is 17.2. The molecule has 0 aliphatic heterocycles. The summed E-state index contributed by atoms with van der Waals surface area (Å²) in [4.78, 5) is 9.98. The average Bonchev–Trinajstić information content (AvgIpc) is 2.50. The lowest BCUT2D eigenvalue weighted by Crippen LogP contribution is -2.08. The van der Waals surface area contributed by atoms with E-state index in [1.165, 1.54) is 12.1 Å². The van der Waals surface area contributed by atoms with Crippen LogP contribution in [0.25, 0.3) is 0 Å². The van der Waals surface area contributed by atoms with Crippen molar-refractivity contribution >= 4 is 40.3 Å². The zero-order chi connectivity index (χ0) is 17.3. The number of nitrogens with zero attached hydrogens (tertiary/aromatic N) is 1. The first-order chi connectivity index (χ1) is 10.7. The molecule has 2 rings (SSSR count). The van der Waals surface area contributed by atoms with Crippen molar-refractivity contribution < 1.29 is 18.1 Å². The molecule has 0 fully saturated rings. The first-order valence-corrected chi connectivity index (χ1v) is 6.77. The van der Waals surface area contributed by atoms with Crippen molar-refractivity contribution in [2.45, 2.75) is 6.54 Å². The van der Waals surface area contributed by atoms with E-state index < -0.39 is 44.5 Å². The molecule has 23 heavy (non-hydrogen) atoms. The number of anilines is 2. The van der Waals surface area contributed by atoms with E-state index in [-0.39, 0.29) is 17.1 Å². The third-order valence-corrected chi connectivity index (χ3v) is 3.66. The highest BCUT2D eigenvalue weighted by Crippen LogP contribution is 2.32. The van der Waals surface area contributed by atoms with Gasteiger partial charge in [0.05, 0.1) is 4.92 Å². The summed E-state index contributed by atoms with van der Waals surface area (Å²) >= 11 is 10.8. The minimum absolute atomic E-state index is 0.129. The van der Waals surface area contributed by atoms with Crippen LogP contribution in [0, 0.1) is 27.6 Å². The Kier molecular flexibility index (Phi) is 4.86. The fraction of sp³-hybridized carbons (Fsp3) is 0.0769. The van der Waals surface area contributed by atoms with Gasteiger partial charge in [-0.2, -0.15) is 0 Å². The first-order valence-electron chi connectivity index (χ1n) is 6.02. The normalized spacial score (nSPS) is 10.7. The highest BCUT2D eigenvalue weighted by atomic mass is 35.5. The van der Waals surface area contributed by atoms with Crippen LogP contribution in [0.5, 0.6) is 0 Å². The van der Waals surface area contributed by atoms with Crippen molar-refractivity contribution in [2.75, 3.05) is 11.1 Å². The standard InChI is InChI=1S/C13H8Cl2F3N3O2/c14-9-11(16)6(12(17)10(15)13(9)18)4-20-5-1-2-8(21(22)23)7(19)3-5/h1-3,20H,4,19H2. The SMILES string of the molecule is Nc1cc(NCc2c(F)c(Cl)c(F)c(Cl)c2F)ccc1[N+](=O)[O-]. The molecule has 2 aromatic rings. The topological polar surface area (TPSA) is 81.2 Å². The van der Waals surface area contributed by atoms with Crippen molar-refractivity contribution in [1.29, 1.82) is 0 Å². The smallest absolute Gasteiger partial charge is 0.292 e. The zero-order valence-corrected chi connectivity index (χ0v) is 12.7. The average molecular weight is 366 g/mol.